The molecule has 0 atom stereocenters. The topological polar surface area (TPSA) is 91.0 Å². The summed E-state index contributed by atoms with van der Waals surface area (Å²) in [5.41, 5.74) is 4.43. The average molecular weight is 446 g/mol. The quantitative estimate of drug-likeness (QED) is 0.485. The molecule has 0 aliphatic heterocycles. The monoisotopic (exact) mass is 445 g/mol. The van der Waals surface area contributed by atoms with Gasteiger partial charge in [-0.25, -0.2) is 9.36 Å². The fourth-order valence-electron chi connectivity index (χ4n) is 3.69. The first-order chi connectivity index (χ1) is 15.8. The van der Waals surface area contributed by atoms with Crippen molar-refractivity contribution in [1.82, 2.24) is 19.6 Å². The highest BCUT2D eigenvalue weighted by molar-refractivity contribution is 5.91. The van der Waals surface area contributed by atoms with E-state index in [9.17, 15) is 9.59 Å². The average Bonchev–Trinajstić information content (AvgIpc) is 3.23. The van der Waals surface area contributed by atoms with E-state index in [4.69, 9.17) is 4.74 Å². The van der Waals surface area contributed by atoms with Crippen LogP contribution in [0.15, 0.2) is 53.5 Å². The Balaban J connectivity index is 1.74. The Bertz CT molecular complexity index is 1380. The highest BCUT2D eigenvalue weighted by Crippen LogP contribution is 2.24. The smallest absolute Gasteiger partial charge is 0.293 e. The van der Waals surface area contributed by atoms with Crippen LogP contribution in [0.25, 0.3) is 16.6 Å². The number of amides is 1. The molecular formula is C25H27N5O3. The summed E-state index contributed by atoms with van der Waals surface area (Å²) >= 11 is 0. The molecule has 2 aromatic carbocycles. The fourth-order valence-corrected chi connectivity index (χ4v) is 3.69. The Labute approximate surface area is 191 Å². The number of aromatic nitrogens is 4. The molecule has 0 aliphatic rings. The number of carbonyl (C=O) groups is 1. The molecule has 33 heavy (non-hydrogen) atoms. The Morgan fingerprint density at radius 2 is 1.82 bits per heavy atom. The normalized spacial score (nSPS) is 11.2. The van der Waals surface area contributed by atoms with E-state index in [2.05, 4.69) is 15.5 Å². The number of nitrogens with zero attached hydrogens (tertiary/aromatic N) is 4. The van der Waals surface area contributed by atoms with E-state index >= 15 is 0 Å². The molecule has 170 valence electrons. The maximum absolute atomic E-state index is 13.4. The maximum Gasteiger partial charge on any atom is 0.293 e. The number of ether oxygens (including phenoxy) is 1. The van der Waals surface area contributed by atoms with Gasteiger partial charge in [-0.3, -0.25) is 9.59 Å². The molecule has 1 amide bonds. The number of nitrogens with one attached hydrogen (secondary N) is 1. The second kappa shape index (κ2) is 8.90. The molecule has 0 saturated carbocycles. The van der Waals surface area contributed by atoms with Gasteiger partial charge in [-0.1, -0.05) is 19.9 Å². The Morgan fingerprint density at radius 3 is 2.45 bits per heavy atom. The minimum atomic E-state index is -0.366. The zero-order valence-corrected chi connectivity index (χ0v) is 19.4. The van der Waals surface area contributed by atoms with Gasteiger partial charge >= 0.3 is 0 Å². The molecule has 4 aromatic rings. The maximum atomic E-state index is 13.4. The van der Waals surface area contributed by atoms with Crippen molar-refractivity contribution < 1.29 is 9.53 Å². The van der Waals surface area contributed by atoms with Crippen LogP contribution >= 0.6 is 0 Å². The molecule has 0 fully saturated rings. The molecule has 0 radical (unpaired) electrons. The Morgan fingerprint density at radius 1 is 1.09 bits per heavy atom. The summed E-state index contributed by atoms with van der Waals surface area (Å²) < 4.78 is 7.99. The third-order valence-electron chi connectivity index (χ3n) is 5.66. The number of aryl methyl sites for hydroxylation is 2. The highest BCUT2D eigenvalue weighted by Gasteiger charge is 2.20. The van der Waals surface area contributed by atoms with Crippen molar-refractivity contribution in [1.29, 1.82) is 0 Å². The molecule has 8 nitrogen and oxygen atoms in total. The molecule has 0 spiro atoms. The number of hydrogen-bond acceptors (Lipinski definition) is 5. The van der Waals surface area contributed by atoms with Gasteiger partial charge in [-0.15, -0.1) is 0 Å². The van der Waals surface area contributed by atoms with Crippen molar-refractivity contribution in [3.05, 3.63) is 75.8 Å². The van der Waals surface area contributed by atoms with Gasteiger partial charge in [0, 0.05) is 11.1 Å². The molecule has 1 N–H and O–H groups in total. The predicted molar refractivity (Wildman–Crippen MR) is 128 cm³/mol. The summed E-state index contributed by atoms with van der Waals surface area (Å²) in [6.45, 7) is 7.85. The van der Waals surface area contributed by atoms with Crippen molar-refractivity contribution in [2.24, 2.45) is 0 Å². The van der Waals surface area contributed by atoms with Gasteiger partial charge in [0.05, 0.1) is 24.7 Å². The number of carbonyl (C=O) groups excluding carboxylic acids is 1. The largest absolute Gasteiger partial charge is 0.497 e. The lowest BCUT2D eigenvalue weighted by Gasteiger charge is -2.13. The van der Waals surface area contributed by atoms with Gasteiger partial charge in [0.25, 0.3) is 5.56 Å². The van der Waals surface area contributed by atoms with Crippen LogP contribution in [0, 0.1) is 13.8 Å². The van der Waals surface area contributed by atoms with Crippen molar-refractivity contribution >= 4 is 22.5 Å². The van der Waals surface area contributed by atoms with E-state index in [1.165, 1.54) is 4.68 Å². The van der Waals surface area contributed by atoms with Crippen LogP contribution in [0.1, 0.15) is 36.6 Å². The predicted octanol–water partition coefficient (Wildman–Crippen LogP) is 3.97. The Kier molecular flexibility index (Phi) is 6.00. The van der Waals surface area contributed by atoms with Crippen molar-refractivity contribution in [2.45, 2.75) is 40.2 Å². The summed E-state index contributed by atoms with van der Waals surface area (Å²) in [5.74, 6) is 0.389. The van der Waals surface area contributed by atoms with E-state index in [1.54, 1.807) is 42.3 Å². The molecule has 0 saturated heterocycles. The summed E-state index contributed by atoms with van der Waals surface area (Å²) in [7, 11) is 1.58. The second-order valence-electron chi connectivity index (χ2n) is 8.37. The molecule has 0 aliphatic carbocycles. The minimum absolute atomic E-state index is 0.0430. The van der Waals surface area contributed by atoms with Crippen LogP contribution in [0.2, 0.25) is 0 Å². The lowest BCUT2D eigenvalue weighted by Crippen LogP contribution is -2.31. The third kappa shape index (κ3) is 4.37. The fraction of sp³-hybridized carbons (Fsp3) is 0.280. The second-order valence-corrected chi connectivity index (χ2v) is 8.37. The zero-order valence-electron chi connectivity index (χ0n) is 19.4. The van der Waals surface area contributed by atoms with Gasteiger partial charge in [0.2, 0.25) is 5.91 Å². The van der Waals surface area contributed by atoms with E-state index in [1.807, 2.05) is 45.9 Å². The van der Waals surface area contributed by atoms with Gasteiger partial charge in [-0.05, 0) is 67.3 Å². The Hall–Kier alpha value is -3.94. The first-order valence-corrected chi connectivity index (χ1v) is 10.8. The number of rotatable bonds is 6. The van der Waals surface area contributed by atoms with Crippen LogP contribution in [0.4, 0.5) is 5.69 Å². The van der Waals surface area contributed by atoms with E-state index in [0.717, 1.165) is 22.5 Å². The van der Waals surface area contributed by atoms with Gasteiger partial charge < -0.3 is 10.1 Å². The summed E-state index contributed by atoms with van der Waals surface area (Å²) in [5, 5.41) is 12.5. The molecule has 4 rings (SSSR count). The van der Waals surface area contributed by atoms with Crippen LogP contribution < -0.4 is 15.6 Å². The van der Waals surface area contributed by atoms with Gasteiger partial charge in [-0.2, -0.15) is 10.2 Å². The van der Waals surface area contributed by atoms with Crippen molar-refractivity contribution in [3.8, 4) is 11.4 Å². The number of anilines is 1. The number of hydrogen-bond donors (Lipinski definition) is 1. The van der Waals surface area contributed by atoms with Gasteiger partial charge in [0.1, 0.15) is 17.8 Å². The standard InChI is InChI=1S/C25H27N5O3/c1-15(2)23-21-13-26-30(19-9-6-16(3)17(4)12-19)24(21)25(32)29(28-23)14-22(31)27-18-7-10-20(33-5)11-8-18/h6-13,15H,14H2,1-5H3,(H,27,31). The van der Waals surface area contributed by atoms with Crippen LogP contribution in [0.3, 0.4) is 0 Å². The highest BCUT2D eigenvalue weighted by atomic mass is 16.5. The first-order valence-electron chi connectivity index (χ1n) is 10.8. The van der Waals surface area contributed by atoms with E-state index in [0.29, 0.717) is 22.3 Å². The minimum Gasteiger partial charge on any atom is -0.497 e. The molecule has 0 unspecified atom stereocenters. The lowest BCUT2D eigenvalue weighted by atomic mass is 10.1. The summed E-state index contributed by atoms with van der Waals surface area (Å²) in [6, 6.07) is 12.9. The summed E-state index contributed by atoms with van der Waals surface area (Å²) in [6.07, 6.45) is 1.68. The molecule has 2 aromatic heterocycles. The number of benzene rings is 2. The number of methoxy groups -OCH3 is 1. The molecule has 8 heteroatoms. The van der Waals surface area contributed by atoms with Crippen LogP contribution in [-0.4, -0.2) is 32.6 Å². The third-order valence-corrected chi connectivity index (χ3v) is 5.66. The first kappa shape index (κ1) is 22.3. The number of fused-ring (bicyclic) bond motifs is 1. The molecular weight excluding hydrogens is 418 g/mol. The van der Waals surface area contributed by atoms with E-state index in [-0.39, 0.29) is 23.9 Å². The van der Waals surface area contributed by atoms with Crippen LogP contribution in [0.5, 0.6) is 5.75 Å². The van der Waals surface area contributed by atoms with Crippen LogP contribution in [-0.2, 0) is 11.3 Å². The molecule has 2 heterocycles. The summed E-state index contributed by atoms with van der Waals surface area (Å²) in [4.78, 5) is 26.1. The van der Waals surface area contributed by atoms with Gasteiger partial charge in [0.15, 0.2) is 0 Å². The SMILES string of the molecule is COc1ccc(NC(=O)Cn2nc(C(C)C)c3cnn(-c4ccc(C)c(C)c4)c3c2=O)cc1. The lowest BCUT2D eigenvalue weighted by molar-refractivity contribution is -0.117. The zero-order chi connectivity index (χ0) is 23.7. The van der Waals surface area contributed by atoms with E-state index < -0.39 is 0 Å². The van der Waals surface area contributed by atoms with Crippen molar-refractivity contribution in [2.75, 3.05) is 12.4 Å². The molecule has 0 bridgehead atoms. The van der Waals surface area contributed by atoms with Crippen molar-refractivity contribution in [3.63, 3.8) is 0 Å².